The Balaban J connectivity index is 1.51. The minimum absolute atomic E-state index is 0.0213. The second kappa shape index (κ2) is 14.9. The Bertz CT molecular complexity index is 1310. The molecule has 3 aromatic rings. The number of hydrogen-bond donors (Lipinski definition) is 0. The van der Waals surface area contributed by atoms with Crippen molar-refractivity contribution in [1.29, 1.82) is 5.26 Å². The van der Waals surface area contributed by atoms with Crippen molar-refractivity contribution in [2.75, 3.05) is 19.6 Å². The van der Waals surface area contributed by atoms with Gasteiger partial charge >= 0.3 is 0 Å². The highest BCUT2D eigenvalue weighted by Gasteiger charge is 2.29. The molecule has 1 aromatic heterocycles. The molecule has 1 saturated heterocycles. The molecule has 0 N–H and O–H groups in total. The van der Waals surface area contributed by atoms with Gasteiger partial charge in [0.1, 0.15) is 17.6 Å². The molecule has 1 aliphatic rings. The van der Waals surface area contributed by atoms with Crippen molar-refractivity contribution in [3.05, 3.63) is 89.0 Å². The zero-order chi connectivity index (χ0) is 29.2. The molecular weight excluding hydrogens is 511 g/mol. The number of aromatic nitrogens is 1. The molecule has 1 amide bonds. The molecule has 1 aliphatic heterocycles. The zero-order valence-corrected chi connectivity index (χ0v) is 24.8. The largest absolute Gasteiger partial charge is 0.330 e. The summed E-state index contributed by atoms with van der Waals surface area (Å²) in [7, 11) is 0. The van der Waals surface area contributed by atoms with E-state index in [1.165, 1.54) is 30.9 Å². The van der Waals surface area contributed by atoms with Crippen LogP contribution in [-0.4, -0.2) is 46.4 Å². The van der Waals surface area contributed by atoms with E-state index < -0.39 is 5.82 Å². The van der Waals surface area contributed by atoms with E-state index in [0.29, 0.717) is 18.2 Å². The Morgan fingerprint density at radius 2 is 1.76 bits per heavy atom. The number of carbonyl (C=O) groups excluding carboxylic acids is 1. The number of unbranched alkanes of at least 4 members (excludes halogenated alkanes) is 2. The highest BCUT2D eigenvalue weighted by atomic mass is 19.1. The molecule has 5 nitrogen and oxygen atoms in total. The molecule has 0 bridgehead atoms. The number of halogens is 1. The van der Waals surface area contributed by atoms with Gasteiger partial charge in [-0.3, -0.25) is 9.78 Å². The topological polar surface area (TPSA) is 60.2 Å². The number of nitriles is 1. The molecule has 0 atom stereocenters. The van der Waals surface area contributed by atoms with Crippen LogP contribution in [0.5, 0.6) is 0 Å². The summed E-state index contributed by atoms with van der Waals surface area (Å²) >= 11 is 0. The van der Waals surface area contributed by atoms with Gasteiger partial charge in [-0.05, 0) is 85.0 Å². The average molecular weight is 555 g/mol. The van der Waals surface area contributed by atoms with Crippen LogP contribution in [0.3, 0.4) is 0 Å². The molecule has 1 fully saturated rings. The van der Waals surface area contributed by atoms with Gasteiger partial charge in [0, 0.05) is 31.9 Å². The van der Waals surface area contributed by atoms with Crippen LogP contribution in [0.15, 0.2) is 60.8 Å². The SMILES string of the molecule is CCCCCc1ccc(C(=O)N(Cc2ccc(-c3ccc(F)c(C#N)c3)cc2)C2CCN(CCC(C)C)CC2)nc1. The summed E-state index contributed by atoms with van der Waals surface area (Å²) in [6.45, 7) is 10.3. The fraction of sp³-hybridized carbons (Fsp3) is 0.457. The predicted molar refractivity (Wildman–Crippen MR) is 163 cm³/mol. The van der Waals surface area contributed by atoms with Crippen LogP contribution in [0, 0.1) is 23.1 Å². The first-order chi connectivity index (χ1) is 19.9. The number of benzene rings is 2. The standard InChI is InChI=1S/C35H43FN4O/c1-4-5-6-7-27-10-15-34(38-24-27)35(41)40(32-17-20-39(21-18-32)19-16-26(2)3)25-28-8-11-29(12-9-28)30-13-14-33(36)31(22-30)23-37/h8-15,22,24,26,32H,4-7,16-21,25H2,1-3H3. The molecule has 216 valence electrons. The lowest BCUT2D eigenvalue weighted by atomic mass is 9.99. The zero-order valence-electron chi connectivity index (χ0n) is 24.8. The van der Waals surface area contributed by atoms with Crippen LogP contribution < -0.4 is 0 Å². The first-order valence-corrected chi connectivity index (χ1v) is 15.1. The maximum absolute atomic E-state index is 13.9. The molecule has 0 unspecified atom stereocenters. The Labute approximate surface area is 245 Å². The van der Waals surface area contributed by atoms with Crippen LogP contribution in [0.1, 0.15) is 86.5 Å². The number of hydrogen-bond acceptors (Lipinski definition) is 4. The lowest BCUT2D eigenvalue weighted by Crippen LogP contribution is -2.47. The minimum atomic E-state index is -0.514. The third-order valence-electron chi connectivity index (χ3n) is 8.12. The average Bonchev–Trinajstić information content (AvgIpc) is 3.00. The summed E-state index contributed by atoms with van der Waals surface area (Å²) in [5.74, 6) is 0.151. The summed E-state index contributed by atoms with van der Waals surface area (Å²) < 4.78 is 13.8. The Morgan fingerprint density at radius 1 is 1.05 bits per heavy atom. The highest BCUT2D eigenvalue weighted by molar-refractivity contribution is 5.92. The molecular formula is C35H43FN4O. The molecule has 0 radical (unpaired) electrons. The number of nitrogens with zero attached hydrogens (tertiary/aromatic N) is 4. The van der Waals surface area contributed by atoms with Crippen molar-refractivity contribution >= 4 is 5.91 Å². The summed E-state index contributed by atoms with van der Waals surface area (Å²) in [6, 6.07) is 18.6. The van der Waals surface area contributed by atoms with Crippen LogP contribution >= 0.6 is 0 Å². The fourth-order valence-electron chi connectivity index (χ4n) is 5.48. The maximum atomic E-state index is 13.9. The number of likely N-dealkylation sites (tertiary alicyclic amines) is 1. The van der Waals surface area contributed by atoms with E-state index in [-0.39, 0.29) is 17.5 Å². The van der Waals surface area contributed by atoms with E-state index in [4.69, 9.17) is 0 Å². The van der Waals surface area contributed by atoms with E-state index in [0.717, 1.165) is 62.0 Å². The van der Waals surface area contributed by atoms with Crippen LogP contribution in [0.4, 0.5) is 4.39 Å². The summed E-state index contributed by atoms with van der Waals surface area (Å²) in [6.07, 6.45) is 9.46. The van der Waals surface area contributed by atoms with Gasteiger partial charge in [-0.15, -0.1) is 0 Å². The fourth-order valence-corrected chi connectivity index (χ4v) is 5.48. The molecule has 0 spiro atoms. The van der Waals surface area contributed by atoms with Crippen molar-refractivity contribution < 1.29 is 9.18 Å². The van der Waals surface area contributed by atoms with Crippen molar-refractivity contribution in [2.24, 2.45) is 5.92 Å². The molecule has 6 heteroatoms. The number of amides is 1. The van der Waals surface area contributed by atoms with E-state index in [1.807, 2.05) is 47.5 Å². The second-order valence-corrected chi connectivity index (χ2v) is 11.7. The molecule has 2 aromatic carbocycles. The van der Waals surface area contributed by atoms with E-state index in [2.05, 4.69) is 36.7 Å². The quantitative estimate of drug-likeness (QED) is 0.216. The van der Waals surface area contributed by atoms with Crippen molar-refractivity contribution in [1.82, 2.24) is 14.8 Å². The number of rotatable bonds is 12. The third kappa shape index (κ3) is 8.47. The Kier molecular flexibility index (Phi) is 11.0. The number of aryl methyl sites for hydroxylation is 1. The van der Waals surface area contributed by atoms with Gasteiger partial charge in [0.25, 0.3) is 5.91 Å². The summed E-state index contributed by atoms with van der Waals surface area (Å²) in [5.41, 5.74) is 4.44. The van der Waals surface area contributed by atoms with Gasteiger partial charge in [0.15, 0.2) is 0 Å². The molecule has 4 rings (SSSR count). The number of pyridine rings is 1. The molecule has 0 aliphatic carbocycles. The molecule has 2 heterocycles. The maximum Gasteiger partial charge on any atom is 0.272 e. The smallest absolute Gasteiger partial charge is 0.272 e. The van der Waals surface area contributed by atoms with Crippen molar-refractivity contribution in [3.63, 3.8) is 0 Å². The minimum Gasteiger partial charge on any atom is -0.330 e. The Hall–Kier alpha value is -3.56. The first-order valence-electron chi connectivity index (χ1n) is 15.1. The molecule has 0 saturated carbocycles. The van der Waals surface area contributed by atoms with Crippen LogP contribution in [0.2, 0.25) is 0 Å². The first kappa shape index (κ1) is 30.4. The normalized spacial score (nSPS) is 14.2. The summed E-state index contributed by atoms with van der Waals surface area (Å²) in [5, 5.41) is 9.20. The van der Waals surface area contributed by atoms with Gasteiger partial charge in [0.05, 0.1) is 5.56 Å². The lowest BCUT2D eigenvalue weighted by molar-refractivity contribution is 0.0540. The van der Waals surface area contributed by atoms with Gasteiger partial charge in [-0.1, -0.05) is 70.0 Å². The predicted octanol–water partition coefficient (Wildman–Crippen LogP) is 7.64. The molecule has 41 heavy (non-hydrogen) atoms. The lowest BCUT2D eigenvalue weighted by Gasteiger charge is -2.38. The third-order valence-corrected chi connectivity index (χ3v) is 8.12. The van der Waals surface area contributed by atoms with Gasteiger partial charge in [-0.25, -0.2) is 4.39 Å². The van der Waals surface area contributed by atoms with Gasteiger partial charge in [0.2, 0.25) is 0 Å². The van der Waals surface area contributed by atoms with Crippen molar-refractivity contribution in [3.8, 4) is 17.2 Å². The van der Waals surface area contributed by atoms with E-state index in [9.17, 15) is 14.4 Å². The van der Waals surface area contributed by atoms with Crippen molar-refractivity contribution in [2.45, 2.75) is 78.3 Å². The van der Waals surface area contributed by atoms with Gasteiger partial charge in [-0.2, -0.15) is 5.26 Å². The van der Waals surface area contributed by atoms with E-state index >= 15 is 0 Å². The second-order valence-electron chi connectivity index (χ2n) is 11.7. The van der Waals surface area contributed by atoms with Crippen LogP contribution in [0.25, 0.3) is 11.1 Å². The van der Waals surface area contributed by atoms with Gasteiger partial charge < -0.3 is 9.80 Å². The number of carbonyl (C=O) groups is 1. The van der Waals surface area contributed by atoms with E-state index in [1.54, 1.807) is 12.1 Å². The number of piperidine rings is 1. The monoisotopic (exact) mass is 554 g/mol. The van der Waals surface area contributed by atoms with Crippen LogP contribution in [-0.2, 0) is 13.0 Å². The Morgan fingerprint density at radius 3 is 2.39 bits per heavy atom. The highest BCUT2D eigenvalue weighted by Crippen LogP contribution is 2.25. The summed E-state index contributed by atoms with van der Waals surface area (Å²) in [4.78, 5) is 23.0.